The average Bonchev–Trinajstić information content (AvgIpc) is 2.48. The molecule has 1 aromatic rings. The topological polar surface area (TPSA) is 75.4 Å². The zero-order valence-corrected chi connectivity index (χ0v) is 6.08. The first-order valence-corrected chi connectivity index (χ1v) is 3.22. The minimum Gasteiger partial charge on any atom is -0.476 e. The van der Waals surface area contributed by atoms with Gasteiger partial charge in [0.1, 0.15) is 12.9 Å². The molecule has 0 aliphatic carbocycles. The van der Waals surface area contributed by atoms with Gasteiger partial charge in [-0.1, -0.05) is 0 Å². The van der Waals surface area contributed by atoms with E-state index in [1.165, 1.54) is 0 Å². The number of nitrogens with one attached hydrogen (secondary N) is 1. The highest BCUT2D eigenvalue weighted by Crippen LogP contribution is 2.06. The highest BCUT2D eigenvalue weighted by molar-refractivity contribution is 5.85. The van der Waals surface area contributed by atoms with E-state index in [0.29, 0.717) is 0 Å². The summed E-state index contributed by atoms with van der Waals surface area (Å²) in [5.74, 6) is -1.17. The van der Waals surface area contributed by atoms with Crippen LogP contribution in [0.2, 0.25) is 0 Å². The SMILES string of the molecule is O=C(O)c1coc(NCCF)n1. The van der Waals surface area contributed by atoms with E-state index in [9.17, 15) is 9.18 Å². The van der Waals surface area contributed by atoms with Crippen molar-refractivity contribution in [3.63, 3.8) is 0 Å². The molecule has 0 unspecified atom stereocenters. The molecule has 1 heterocycles. The fraction of sp³-hybridized carbons (Fsp3) is 0.333. The van der Waals surface area contributed by atoms with Crippen LogP contribution in [0.3, 0.4) is 0 Å². The number of aromatic carboxylic acids is 1. The molecule has 0 aliphatic rings. The van der Waals surface area contributed by atoms with Crippen LogP contribution >= 0.6 is 0 Å². The van der Waals surface area contributed by atoms with Gasteiger partial charge in [0.25, 0.3) is 6.01 Å². The quantitative estimate of drug-likeness (QED) is 0.704. The summed E-state index contributed by atoms with van der Waals surface area (Å²) in [6.45, 7) is -0.510. The first-order chi connectivity index (χ1) is 5.74. The summed E-state index contributed by atoms with van der Waals surface area (Å²) in [4.78, 5) is 13.8. The van der Waals surface area contributed by atoms with Crippen molar-refractivity contribution < 1.29 is 18.7 Å². The van der Waals surface area contributed by atoms with Gasteiger partial charge in [0.2, 0.25) is 0 Å². The van der Waals surface area contributed by atoms with Gasteiger partial charge in [0.05, 0.1) is 0 Å². The predicted molar refractivity (Wildman–Crippen MR) is 37.9 cm³/mol. The molecule has 0 aromatic carbocycles. The third-order valence-electron chi connectivity index (χ3n) is 1.09. The first kappa shape index (κ1) is 8.51. The first-order valence-electron chi connectivity index (χ1n) is 3.22. The number of carbonyl (C=O) groups is 1. The van der Waals surface area contributed by atoms with Gasteiger partial charge < -0.3 is 14.8 Å². The van der Waals surface area contributed by atoms with Crippen LogP contribution in [0.4, 0.5) is 10.4 Å². The van der Waals surface area contributed by atoms with Crippen LogP contribution in [0.15, 0.2) is 10.7 Å². The third kappa shape index (κ3) is 1.94. The molecular weight excluding hydrogens is 167 g/mol. The summed E-state index contributed by atoms with van der Waals surface area (Å²) in [6.07, 6.45) is 0.989. The van der Waals surface area contributed by atoms with Gasteiger partial charge in [-0.05, 0) is 0 Å². The maximum Gasteiger partial charge on any atom is 0.357 e. The molecular formula is C6H7FN2O3. The van der Waals surface area contributed by atoms with E-state index in [-0.39, 0.29) is 18.3 Å². The van der Waals surface area contributed by atoms with Gasteiger partial charge in [0, 0.05) is 6.54 Å². The normalized spacial score (nSPS) is 9.75. The van der Waals surface area contributed by atoms with Crippen molar-refractivity contribution in [1.82, 2.24) is 4.98 Å². The van der Waals surface area contributed by atoms with Crippen molar-refractivity contribution in [3.05, 3.63) is 12.0 Å². The van der Waals surface area contributed by atoms with E-state index in [1.54, 1.807) is 0 Å². The lowest BCUT2D eigenvalue weighted by atomic mass is 10.5. The molecule has 0 atom stereocenters. The average molecular weight is 174 g/mol. The zero-order valence-electron chi connectivity index (χ0n) is 6.08. The molecule has 1 rings (SSSR count). The molecule has 0 fully saturated rings. The second-order valence-corrected chi connectivity index (χ2v) is 1.96. The van der Waals surface area contributed by atoms with Crippen LogP contribution in [0.5, 0.6) is 0 Å². The number of hydrogen-bond acceptors (Lipinski definition) is 4. The summed E-state index contributed by atoms with van der Waals surface area (Å²) < 4.78 is 16.3. The van der Waals surface area contributed by atoms with Crippen molar-refractivity contribution >= 4 is 12.0 Å². The molecule has 0 aliphatic heterocycles. The van der Waals surface area contributed by atoms with Crippen LogP contribution in [0.25, 0.3) is 0 Å². The fourth-order valence-corrected chi connectivity index (χ4v) is 0.607. The number of carboxylic acids is 1. The predicted octanol–water partition coefficient (Wildman–Crippen LogP) is 0.754. The van der Waals surface area contributed by atoms with Crippen molar-refractivity contribution in [2.45, 2.75) is 0 Å². The molecule has 0 amide bonds. The van der Waals surface area contributed by atoms with Crippen molar-refractivity contribution in [3.8, 4) is 0 Å². The van der Waals surface area contributed by atoms with Gasteiger partial charge >= 0.3 is 5.97 Å². The highest BCUT2D eigenvalue weighted by Gasteiger charge is 2.08. The van der Waals surface area contributed by atoms with Gasteiger partial charge in [-0.25, -0.2) is 9.18 Å². The Balaban J connectivity index is 2.58. The van der Waals surface area contributed by atoms with Gasteiger partial charge in [-0.3, -0.25) is 0 Å². The lowest BCUT2D eigenvalue weighted by Crippen LogP contribution is -2.04. The van der Waals surface area contributed by atoms with Crippen LogP contribution in [-0.4, -0.2) is 29.3 Å². The number of halogens is 1. The monoisotopic (exact) mass is 174 g/mol. The van der Waals surface area contributed by atoms with E-state index in [1.807, 2.05) is 0 Å². The minimum absolute atomic E-state index is 0.0186. The summed E-state index contributed by atoms with van der Waals surface area (Å²) in [5.41, 5.74) is -0.198. The number of oxazole rings is 1. The standard InChI is InChI=1S/C6H7FN2O3/c7-1-2-8-6-9-4(3-12-6)5(10)11/h3H,1-2H2,(H,8,9)(H,10,11). The summed E-state index contributed by atoms with van der Waals surface area (Å²) in [5, 5.41) is 10.9. The Morgan fingerprint density at radius 2 is 2.58 bits per heavy atom. The second-order valence-electron chi connectivity index (χ2n) is 1.96. The number of carboxylic acid groups (broad SMARTS) is 1. The smallest absolute Gasteiger partial charge is 0.357 e. The Morgan fingerprint density at radius 3 is 3.08 bits per heavy atom. The Morgan fingerprint density at radius 1 is 1.83 bits per heavy atom. The number of alkyl halides is 1. The van der Waals surface area contributed by atoms with E-state index < -0.39 is 12.6 Å². The lowest BCUT2D eigenvalue weighted by Gasteiger charge is -1.93. The number of aromatic nitrogens is 1. The van der Waals surface area contributed by atoms with Crippen molar-refractivity contribution in [2.24, 2.45) is 0 Å². The highest BCUT2D eigenvalue weighted by atomic mass is 19.1. The van der Waals surface area contributed by atoms with Crippen LogP contribution in [0.1, 0.15) is 10.5 Å². The van der Waals surface area contributed by atoms with Gasteiger partial charge in [-0.2, -0.15) is 4.98 Å². The van der Waals surface area contributed by atoms with E-state index in [0.717, 1.165) is 6.26 Å². The Hall–Kier alpha value is -1.59. The Kier molecular flexibility index (Phi) is 2.62. The van der Waals surface area contributed by atoms with Crippen molar-refractivity contribution in [1.29, 1.82) is 0 Å². The lowest BCUT2D eigenvalue weighted by molar-refractivity contribution is 0.0690. The molecule has 1 aromatic heterocycles. The van der Waals surface area contributed by atoms with Crippen LogP contribution in [0, 0.1) is 0 Å². The largest absolute Gasteiger partial charge is 0.476 e. The molecule has 66 valence electrons. The maximum absolute atomic E-state index is 11.6. The molecule has 0 spiro atoms. The summed E-state index contributed by atoms with van der Waals surface area (Å²) in [7, 11) is 0. The Bertz CT molecular complexity index is 274. The summed E-state index contributed by atoms with van der Waals surface area (Å²) in [6, 6.07) is 0.0186. The molecule has 0 radical (unpaired) electrons. The number of nitrogens with zero attached hydrogens (tertiary/aromatic N) is 1. The van der Waals surface area contributed by atoms with Gasteiger partial charge in [0.15, 0.2) is 5.69 Å². The van der Waals surface area contributed by atoms with E-state index in [4.69, 9.17) is 5.11 Å². The van der Waals surface area contributed by atoms with Crippen molar-refractivity contribution in [2.75, 3.05) is 18.5 Å². The van der Waals surface area contributed by atoms with E-state index in [2.05, 4.69) is 14.7 Å². The van der Waals surface area contributed by atoms with Crippen LogP contribution in [-0.2, 0) is 0 Å². The van der Waals surface area contributed by atoms with Gasteiger partial charge in [-0.15, -0.1) is 0 Å². The number of hydrogen-bond donors (Lipinski definition) is 2. The molecule has 0 saturated carbocycles. The second kappa shape index (κ2) is 3.70. The molecule has 6 heteroatoms. The third-order valence-corrected chi connectivity index (χ3v) is 1.09. The minimum atomic E-state index is -1.17. The molecule has 12 heavy (non-hydrogen) atoms. The number of anilines is 1. The molecule has 0 bridgehead atoms. The zero-order chi connectivity index (χ0) is 8.97. The number of rotatable bonds is 4. The Labute approximate surface area is 67.2 Å². The molecule has 5 nitrogen and oxygen atoms in total. The van der Waals surface area contributed by atoms with Crippen LogP contribution < -0.4 is 5.32 Å². The molecule has 0 saturated heterocycles. The maximum atomic E-state index is 11.6. The summed E-state index contributed by atoms with van der Waals surface area (Å²) >= 11 is 0. The van der Waals surface area contributed by atoms with E-state index >= 15 is 0 Å². The fourth-order valence-electron chi connectivity index (χ4n) is 0.607. The molecule has 2 N–H and O–H groups in total.